The van der Waals surface area contributed by atoms with E-state index in [0.29, 0.717) is 11.8 Å². The highest BCUT2D eigenvalue weighted by atomic mass is 35.5. The van der Waals surface area contributed by atoms with Crippen LogP contribution < -0.4 is 4.74 Å². The Balaban J connectivity index is 2.36. The molecule has 0 bridgehead atoms. The van der Waals surface area contributed by atoms with Gasteiger partial charge >= 0.3 is 0 Å². The number of rotatable bonds is 3. The van der Waals surface area contributed by atoms with Crippen molar-refractivity contribution in [1.82, 2.24) is 9.78 Å². The van der Waals surface area contributed by atoms with Crippen molar-refractivity contribution in [2.24, 2.45) is 7.05 Å². The average Bonchev–Trinajstić information content (AvgIpc) is 2.58. The van der Waals surface area contributed by atoms with E-state index in [-0.39, 0.29) is 0 Å². The molecule has 0 spiro atoms. The van der Waals surface area contributed by atoms with Crippen LogP contribution in [0.2, 0.25) is 5.02 Å². The van der Waals surface area contributed by atoms with E-state index in [1.807, 2.05) is 39.1 Å². The van der Waals surface area contributed by atoms with Gasteiger partial charge in [0.2, 0.25) is 5.88 Å². The fourth-order valence-corrected chi connectivity index (χ4v) is 2.18. The zero-order valence-electron chi connectivity index (χ0n) is 10.5. The molecule has 0 fully saturated rings. The zero-order valence-corrected chi connectivity index (χ0v) is 12.0. The van der Waals surface area contributed by atoms with Gasteiger partial charge in [0.1, 0.15) is 5.75 Å². The molecule has 0 radical (unpaired) electrons. The number of benzene rings is 1. The molecule has 1 aromatic carbocycles. The summed E-state index contributed by atoms with van der Waals surface area (Å²) < 4.78 is 7.54. The molecule has 0 atom stereocenters. The van der Waals surface area contributed by atoms with Gasteiger partial charge in [-0.1, -0.05) is 11.6 Å². The summed E-state index contributed by atoms with van der Waals surface area (Å²) in [4.78, 5) is 0. The summed E-state index contributed by atoms with van der Waals surface area (Å²) in [6, 6.07) is 5.54. The normalized spacial score (nSPS) is 10.7. The van der Waals surface area contributed by atoms with Crippen LogP contribution in [0.1, 0.15) is 16.8 Å². The van der Waals surface area contributed by atoms with Crippen LogP contribution in [-0.2, 0) is 12.9 Å². The van der Waals surface area contributed by atoms with E-state index in [9.17, 15) is 0 Å². The molecule has 0 aliphatic carbocycles. The summed E-state index contributed by atoms with van der Waals surface area (Å²) in [5, 5.41) is 5.02. The van der Waals surface area contributed by atoms with Crippen LogP contribution in [0.3, 0.4) is 0 Å². The lowest BCUT2D eigenvalue weighted by Gasteiger charge is -2.08. The first kappa shape index (κ1) is 13.2. The summed E-state index contributed by atoms with van der Waals surface area (Å²) >= 11 is 11.9. The second-order valence-corrected chi connectivity index (χ2v) is 4.81. The lowest BCUT2D eigenvalue weighted by Crippen LogP contribution is -1.96. The van der Waals surface area contributed by atoms with Crippen molar-refractivity contribution in [2.75, 3.05) is 0 Å². The predicted octanol–water partition coefficient (Wildman–Crippen LogP) is 4.22. The Kier molecular flexibility index (Phi) is 3.83. The maximum Gasteiger partial charge on any atom is 0.222 e. The van der Waals surface area contributed by atoms with Crippen molar-refractivity contribution in [2.45, 2.75) is 19.7 Å². The Labute approximate surface area is 116 Å². The Morgan fingerprint density at radius 1 is 1.33 bits per heavy atom. The van der Waals surface area contributed by atoms with Gasteiger partial charge in [-0.3, -0.25) is 0 Å². The molecular formula is C13H14Cl2N2O. The number of alkyl halides is 1. The molecule has 0 N–H and O–H groups in total. The van der Waals surface area contributed by atoms with Gasteiger partial charge in [-0.15, -0.1) is 11.6 Å². The van der Waals surface area contributed by atoms with E-state index in [2.05, 4.69) is 5.10 Å². The SMILES string of the molecule is Cc1cc(Oc2c(CCl)c(C)nn2C)ccc1Cl. The van der Waals surface area contributed by atoms with E-state index in [0.717, 1.165) is 27.6 Å². The van der Waals surface area contributed by atoms with Crippen molar-refractivity contribution < 1.29 is 4.74 Å². The maximum absolute atomic E-state index is 5.98. The smallest absolute Gasteiger partial charge is 0.222 e. The summed E-state index contributed by atoms with van der Waals surface area (Å²) in [7, 11) is 1.83. The minimum absolute atomic E-state index is 0.377. The zero-order chi connectivity index (χ0) is 13.3. The Morgan fingerprint density at radius 3 is 2.67 bits per heavy atom. The van der Waals surface area contributed by atoms with E-state index in [4.69, 9.17) is 27.9 Å². The quantitative estimate of drug-likeness (QED) is 0.789. The van der Waals surface area contributed by atoms with Crippen molar-refractivity contribution in [3.63, 3.8) is 0 Å². The standard InChI is InChI=1S/C13H14Cl2N2O/c1-8-6-10(4-5-12(8)15)18-13-11(7-14)9(2)16-17(13)3/h4-6H,7H2,1-3H3. The maximum atomic E-state index is 5.98. The molecule has 5 heteroatoms. The van der Waals surface area contributed by atoms with Gasteiger partial charge < -0.3 is 4.74 Å². The van der Waals surface area contributed by atoms with Gasteiger partial charge in [-0.2, -0.15) is 5.10 Å². The van der Waals surface area contributed by atoms with Gasteiger partial charge in [0.25, 0.3) is 0 Å². The van der Waals surface area contributed by atoms with E-state index in [1.54, 1.807) is 4.68 Å². The summed E-state index contributed by atoms with van der Waals surface area (Å²) in [6.07, 6.45) is 0. The molecule has 0 amide bonds. The number of hydrogen-bond acceptors (Lipinski definition) is 2. The molecule has 2 aromatic rings. The first-order valence-corrected chi connectivity index (χ1v) is 6.46. The van der Waals surface area contributed by atoms with Gasteiger partial charge in [-0.25, -0.2) is 4.68 Å². The van der Waals surface area contributed by atoms with Crippen molar-refractivity contribution in [3.8, 4) is 11.6 Å². The molecule has 0 saturated carbocycles. The number of hydrogen-bond donors (Lipinski definition) is 0. The number of aromatic nitrogens is 2. The third kappa shape index (κ3) is 2.47. The molecule has 0 unspecified atom stereocenters. The molecule has 0 saturated heterocycles. The highest BCUT2D eigenvalue weighted by molar-refractivity contribution is 6.31. The fraction of sp³-hybridized carbons (Fsp3) is 0.308. The summed E-state index contributed by atoms with van der Waals surface area (Å²) in [6.45, 7) is 3.85. The first-order valence-electron chi connectivity index (χ1n) is 5.55. The van der Waals surface area contributed by atoms with Gasteiger partial charge in [0, 0.05) is 12.1 Å². The molecule has 0 aliphatic heterocycles. The van der Waals surface area contributed by atoms with Crippen LogP contribution in [0.5, 0.6) is 11.6 Å². The van der Waals surface area contributed by atoms with Crippen LogP contribution in [0.4, 0.5) is 0 Å². The molecule has 1 aromatic heterocycles. The minimum Gasteiger partial charge on any atom is -0.439 e. The van der Waals surface area contributed by atoms with Crippen LogP contribution in [-0.4, -0.2) is 9.78 Å². The second-order valence-electron chi connectivity index (χ2n) is 4.14. The first-order chi connectivity index (χ1) is 8.52. The van der Waals surface area contributed by atoms with Crippen LogP contribution in [0, 0.1) is 13.8 Å². The Morgan fingerprint density at radius 2 is 2.06 bits per heavy atom. The van der Waals surface area contributed by atoms with Crippen molar-refractivity contribution in [3.05, 3.63) is 40.0 Å². The number of aryl methyl sites for hydroxylation is 3. The molecule has 1 heterocycles. The molecule has 2 rings (SSSR count). The fourth-order valence-electron chi connectivity index (χ4n) is 1.75. The van der Waals surface area contributed by atoms with E-state index in [1.165, 1.54) is 0 Å². The molecule has 18 heavy (non-hydrogen) atoms. The van der Waals surface area contributed by atoms with Crippen molar-refractivity contribution >= 4 is 23.2 Å². The lowest BCUT2D eigenvalue weighted by atomic mass is 10.2. The molecular weight excluding hydrogens is 271 g/mol. The van der Waals surface area contributed by atoms with Crippen LogP contribution >= 0.6 is 23.2 Å². The van der Waals surface area contributed by atoms with Crippen LogP contribution in [0.15, 0.2) is 18.2 Å². The molecule has 3 nitrogen and oxygen atoms in total. The number of ether oxygens (including phenoxy) is 1. The Bertz CT molecular complexity index is 579. The topological polar surface area (TPSA) is 27.1 Å². The van der Waals surface area contributed by atoms with E-state index >= 15 is 0 Å². The largest absolute Gasteiger partial charge is 0.439 e. The molecule has 0 aliphatic rings. The number of halogens is 2. The monoisotopic (exact) mass is 284 g/mol. The third-order valence-electron chi connectivity index (χ3n) is 2.77. The lowest BCUT2D eigenvalue weighted by molar-refractivity contribution is 0.427. The summed E-state index contributed by atoms with van der Waals surface area (Å²) in [5.74, 6) is 1.78. The predicted molar refractivity (Wildman–Crippen MR) is 73.8 cm³/mol. The highest BCUT2D eigenvalue weighted by Crippen LogP contribution is 2.30. The highest BCUT2D eigenvalue weighted by Gasteiger charge is 2.14. The van der Waals surface area contributed by atoms with Crippen LogP contribution in [0.25, 0.3) is 0 Å². The Hall–Kier alpha value is -1.19. The minimum atomic E-state index is 0.377. The van der Waals surface area contributed by atoms with E-state index < -0.39 is 0 Å². The summed E-state index contributed by atoms with van der Waals surface area (Å²) in [5.41, 5.74) is 2.76. The number of nitrogens with zero attached hydrogens (tertiary/aromatic N) is 2. The molecule has 96 valence electrons. The van der Waals surface area contributed by atoms with Gasteiger partial charge in [0.05, 0.1) is 17.1 Å². The van der Waals surface area contributed by atoms with Gasteiger partial charge in [0.15, 0.2) is 0 Å². The second kappa shape index (κ2) is 5.21. The third-order valence-corrected chi connectivity index (χ3v) is 3.46. The average molecular weight is 285 g/mol. The van der Waals surface area contributed by atoms with Crippen molar-refractivity contribution in [1.29, 1.82) is 0 Å². The van der Waals surface area contributed by atoms with Gasteiger partial charge in [-0.05, 0) is 37.6 Å².